The zero-order chi connectivity index (χ0) is 10.8. The fraction of sp³-hybridized carbons (Fsp3) is 0.500. The predicted octanol–water partition coefficient (Wildman–Crippen LogP) is 1.79. The minimum absolute atomic E-state index is 0.152. The van der Waals surface area contributed by atoms with Gasteiger partial charge in [-0.05, 0) is 32.9 Å². The van der Waals surface area contributed by atoms with E-state index in [-0.39, 0.29) is 11.9 Å². The van der Waals surface area contributed by atoms with Crippen molar-refractivity contribution in [1.29, 1.82) is 0 Å². The molecule has 0 fully saturated rings. The first-order valence-corrected chi connectivity index (χ1v) is 4.50. The largest absolute Gasteiger partial charge is 0.388 e. The molecular weight excluding hydrogens is 183 g/mol. The highest BCUT2D eigenvalue weighted by molar-refractivity contribution is 5.35. The summed E-state index contributed by atoms with van der Waals surface area (Å²) in [6, 6.07) is 2.71. The van der Waals surface area contributed by atoms with Gasteiger partial charge in [-0.2, -0.15) is 0 Å². The molecule has 0 spiro atoms. The summed E-state index contributed by atoms with van der Waals surface area (Å²) in [7, 11) is 0. The van der Waals surface area contributed by atoms with Gasteiger partial charge in [-0.15, -0.1) is 0 Å². The zero-order valence-corrected chi connectivity index (χ0v) is 8.58. The van der Waals surface area contributed by atoms with Gasteiger partial charge in [0.15, 0.2) is 0 Å². The van der Waals surface area contributed by atoms with Crippen molar-refractivity contribution >= 4 is 5.82 Å². The van der Waals surface area contributed by atoms with E-state index < -0.39 is 5.60 Å². The van der Waals surface area contributed by atoms with Crippen molar-refractivity contribution in [2.24, 2.45) is 0 Å². The van der Waals surface area contributed by atoms with E-state index in [1.807, 2.05) is 6.92 Å². The molecule has 3 nitrogen and oxygen atoms in total. The van der Waals surface area contributed by atoms with Crippen LogP contribution in [0.15, 0.2) is 18.3 Å². The first-order chi connectivity index (χ1) is 6.39. The van der Waals surface area contributed by atoms with Gasteiger partial charge >= 0.3 is 0 Å². The minimum Gasteiger partial charge on any atom is -0.388 e. The highest BCUT2D eigenvalue weighted by atomic mass is 19.1. The smallest absolute Gasteiger partial charge is 0.141 e. The molecule has 0 radical (unpaired) electrons. The number of aliphatic hydroxyl groups is 1. The first kappa shape index (κ1) is 10.9. The molecule has 78 valence electrons. The van der Waals surface area contributed by atoms with Crippen LogP contribution in [0, 0.1) is 5.82 Å². The molecule has 0 bridgehead atoms. The number of aromatic nitrogens is 1. The molecule has 0 aromatic carbocycles. The van der Waals surface area contributed by atoms with E-state index in [1.54, 1.807) is 13.8 Å². The number of anilines is 1. The monoisotopic (exact) mass is 198 g/mol. The molecule has 1 aromatic heterocycles. The predicted molar refractivity (Wildman–Crippen MR) is 53.6 cm³/mol. The van der Waals surface area contributed by atoms with Crippen molar-refractivity contribution in [3.8, 4) is 0 Å². The summed E-state index contributed by atoms with van der Waals surface area (Å²) in [6.45, 7) is 5.24. The van der Waals surface area contributed by atoms with Crippen LogP contribution in [0.5, 0.6) is 0 Å². The summed E-state index contributed by atoms with van der Waals surface area (Å²) < 4.78 is 12.5. The van der Waals surface area contributed by atoms with Crippen LogP contribution < -0.4 is 5.32 Å². The third-order valence-corrected chi connectivity index (χ3v) is 2.15. The van der Waals surface area contributed by atoms with Crippen LogP contribution in [-0.4, -0.2) is 21.7 Å². The Kier molecular flexibility index (Phi) is 3.06. The fourth-order valence-electron chi connectivity index (χ4n) is 0.860. The van der Waals surface area contributed by atoms with E-state index >= 15 is 0 Å². The van der Waals surface area contributed by atoms with E-state index in [9.17, 15) is 9.50 Å². The van der Waals surface area contributed by atoms with Crippen molar-refractivity contribution in [1.82, 2.24) is 4.98 Å². The Bertz CT molecular complexity index is 292. The summed E-state index contributed by atoms with van der Waals surface area (Å²) >= 11 is 0. The molecule has 1 rings (SSSR count). The highest BCUT2D eigenvalue weighted by Gasteiger charge is 2.22. The second kappa shape index (κ2) is 3.92. The summed E-state index contributed by atoms with van der Waals surface area (Å²) in [5.74, 6) is 0.187. The van der Waals surface area contributed by atoms with Gasteiger partial charge in [0.2, 0.25) is 0 Å². The van der Waals surface area contributed by atoms with Gasteiger partial charge < -0.3 is 10.4 Å². The van der Waals surface area contributed by atoms with Gasteiger partial charge in [0.05, 0.1) is 17.8 Å². The molecule has 0 amide bonds. The van der Waals surface area contributed by atoms with Crippen LogP contribution in [0.3, 0.4) is 0 Å². The molecule has 0 aliphatic rings. The van der Waals surface area contributed by atoms with Crippen LogP contribution >= 0.6 is 0 Å². The molecule has 1 atom stereocenters. The molecule has 2 N–H and O–H groups in total. The van der Waals surface area contributed by atoms with Crippen molar-refractivity contribution in [2.75, 3.05) is 5.32 Å². The van der Waals surface area contributed by atoms with E-state index in [1.165, 1.54) is 12.1 Å². The molecule has 1 aromatic rings. The third kappa shape index (κ3) is 2.96. The molecule has 0 aliphatic carbocycles. The molecule has 1 heterocycles. The second-order valence-corrected chi connectivity index (χ2v) is 3.88. The van der Waals surface area contributed by atoms with E-state index in [4.69, 9.17) is 0 Å². The summed E-state index contributed by atoms with van der Waals surface area (Å²) in [5.41, 5.74) is -0.837. The van der Waals surface area contributed by atoms with Crippen LogP contribution in [0.25, 0.3) is 0 Å². The summed E-state index contributed by atoms with van der Waals surface area (Å²) in [4.78, 5) is 3.83. The molecule has 0 saturated carbocycles. The molecule has 1 unspecified atom stereocenters. The SMILES string of the molecule is CC(Nc1ccc(F)cn1)C(C)(C)O. The van der Waals surface area contributed by atoms with Gasteiger partial charge in [-0.1, -0.05) is 0 Å². The Balaban J connectivity index is 2.65. The zero-order valence-electron chi connectivity index (χ0n) is 8.58. The van der Waals surface area contributed by atoms with Crippen molar-refractivity contribution in [2.45, 2.75) is 32.4 Å². The lowest BCUT2D eigenvalue weighted by Crippen LogP contribution is -2.39. The lowest BCUT2D eigenvalue weighted by molar-refractivity contribution is 0.0648. The lowest BCUT2D eigenvalue weighted by atomic mass is 10.0. The minimum atomic E-state index is -0.837. The van der Waals surface area contributed by atoms with Crippen molar-refractivity contribution in [3.05, 3.63) is 24.1 Å². The molecular formula is C10H15FN2O. The number of pyridine rings is 1. The summed E-state index contributed by atoms with van der Waals surface area (Å²) in [5, 5.41) is 12.6. The van der Waals surface area contributed by atoms with E-state index in [0.29, 0.717) is 5.82 Å². The van der Waals surface area contributed by atoms with Gasteiger partial charge in [0.1, 0.15) is 11.6 Å². The molecule has 0 aliphatic heterocycles. The molecule has 0 saturated heterocycles. The second-order valence-electron chi connectivity index (χ2n) is 3.88. The summed E-state index contributed by atoms with van der Waals surface area (Å²) in [6.07, 6.45) is 1.14. The number of nitrogens with zero attached hydrogens (tertiary/aromatic N) is 1. The topological polar surface area (TPSA) is 45.2 Å². The van der Waals surface area contributed by atoms with Gasteiger partial charge in [0.25, 0.3) is 0 Å². The Morgan fingerprint density at radius 1 is 1.50 bits per heavy atom. The van der Waals surface area contributed by atoms with E-state index in [0.717, 1.165) is 6.20 Å². The van der Waals surface area contributed by atoms with Gasteiger partial charge in [-0.25, -0.2) is 9.37 Å². The van der Waals surface area contributed by atoms with Crippen LogP contribution in [0.4, 0.5) is 10.2 Å². The Morgan fingerprint density at radius 3 is 2.57 bits per heavy atom. The Morgan fingerprint density at radius 2 is 2.14 bits per heavy atom. The maximum Gasteiger partial charge on any atom is 0.141 e. The van der Waals surface area contributed by atoms with Crippen LogP contribution in [0.1, 0.15) is 20.8 Å². The van der Waals surface area contributed by atoms with Gasteiger partial charge in [-0.3, -0.25) is 0 Å². The standard InChI is InChI=1S/C10H15FN2O/c1-7(10(2,3)14)13-9-5-4-8(11)6-12-9/h4-7,14H,1-3H3,(H,12,13). The first-order valence-electron chi connectivity index (χ1n) is 4.50. The third-order valence-electron chi connectivity index (χ3n) is 2.15. The maximum absolute atomic E-state index is 12.5. The highest BCUT2D eigenvalue weighted by Crippen LogP contribution is 2.13. The maximum atomic E-state index is 12.5. The normalized spacial score (nSPS) is 13.8. The Labute approximate surface area is 83.0 Å². The molecule has 14 heavy (non-hydrogen) atoms. The van der Waals surface area contributed by atoms with Crippen LogP contribution in [0.2, 0.25) is 0 Å². The van der Waals surface area contributed by atoms with Crippen molar-refractivity contribution < 1.29 is 9.50 Å². The number of hydrogen-bond donors (Lipinski definition) is 2. The van der Waals surface area contributed by atoms with E-state index in [2.05, 4.69) is 10.3 Å². The molecule has 4 heteroatoms. The fourth-order valence-corrected chi connectivity index (χ4v) is 0.860. The number of rotatable bonds is 3. The van der Waals surface area contributed by atoms with Crippen LogP contribution in [-0.2, 0) is 0 Å². The Hall–Kier alpha value is -1.16. The van der Waals surface area contributed by atoms with Crippen molar-refractivity contribution in [3.63, 3.8) is 0 Å². The number of halogens is 1. The van der Waals surface area contributed by atoms with Gasteiger partial charge in [0, 0.05) is 0 Å². The number of hydrogen-bond acceptors (Lipinski definition) is 3. The quantitative estimate of drug-likeness (QED) is 0.778. The average molecular weight is 198 g/mol. The lowest BCUT2D eigenvalue weighted by Gasteiger charge is -2.27. The average Bonchev–Trinajstić information content (AvgIpc) is 2.07. The number of nitrogens with one attached hydrogen (secondary N) is 1.